The number of pyridine rings is 1. The number of carboxylic acids is 1. The van der Waals surface area contributed by atoms with E-state index in [0.29, 0.717) is 10.9 Å². The molecule has 1 aliphatic rings. The fourth-order valence-electron chi connectivity index (χ4n) is 4.53. The third kappa shape index (κ3) is 4.19. The number of aromatic nitrogens is 1. The number of aryl methyl sites for hydroxylation is 3. The van der Waals surface area contributed by atoms with E-state index in [-0.39, 0.29) is 17.6 Å². The Morgan fingerprint density at radius 1 is 1.00 bits per heavy atom. The highest BCUT2D eigenvalue weighted by atomic mass is 32.1. The summed E-state index contributed by atoms with van der Waals surface area (Å²) in [5, 5.41) is 13.4. The zero-order chi connectivity index (χ0) is 24.7. The molecule has 0 spiro atoms. The predicted molar refractivity (Wildman–Crippen MR) is 140 cm³/mol. The maximum absolute atomic E-state index is 11.3. The summed E-state index contributed by atoms with van der Waals surface area (Å²) in [6.45, 7) is 6.06. The summed E-state index contributed by atoms with van der Waals surface area (Å²) in [5.74, 6) is 0.461. The third-order valence-corrected chi connectivity index (χ3v) is 6.84. The van der Waals surface area contributed by atoms with Crippen LogP contribution < -0.4 is 10.2 Å². The van der Waals surface area contributed by atoms with Gasteiger partial charge in [-0.15, -0.1) is 0 Å². The zero-order valence-electron chi connectivity index (χ0n) is 19.6. The van der Waals surface area contributed by atoms with E-state index in [0.717, 1.165) is 28.3 Å². The fourth-order valence-corrected chi connectivity index (χ4v) is 4.87. The van der Waals surface area contributed by atoms with E-state index >= 15 is 0 Å². The van der Waals surface area contributed by atoms with Crippen LogP contribution in [0.15, 0.2) is 77.3 Å². The van der Waals surface area contributed by atoms with Crippen molar-refractivity contribution in [3.05, 3.63) is 107 Å². The number of benzene rings is 2. The van der Waals surface area contributed by atoms with Crippen molar-refractivity contribution in [1.82, 2.24) is 10.3 Å². The second-order valence-corrected chi connectivity index (χ2v) is 9.19. The number of hydrogen-bond donors (Lipinski definition) is 2. The molecule has 2 unspecified atom stereocenters. The molecule has 4 aromatic rings. The zero-order valence-corrected chi connectivity index (χ0v) is 20.5. The Morgan fingerprint density at radius 3 is 2.51 bits per heavy atom. The highest BCUT2D eigenvalue weighted by molar-refractivity contribution is 7.80. The molecule has 2 atom stereocenters. The maximum atomic E-state index is 11.3. The normalized spacial score (nSPS) is 17.5. The Balaban J connectivity index is 1.60. The van der Waals surface area contributed by atoms with Gasteiger partial charge >= 0.3 is 5.97 Å². The minimum Gasteiger partial charge on any atom is -0.478 e. The standard InChI is InChI=1S/C28H25N3O3S/c1-16-7-9-20(15-17(16)2)31-26(25(30-28(31)35)22-6-4-5-13-29-22)24-12-11-23(34-24)21-10-8-19(27(32)33)14-18(21)3/h4-15,25-26H,1-3H3,(H,30,35)(H,32,33). The topological polar surface area (TPSA) is 78.6 Å². The van der Waals surface area contributed by atoms with Crippen molar-refractivity contribution in [2.75, 3.05) is 4.90 Å². The Morgan fingerprint density at radius 2 is 1.83 bits per heavy atom. The van der Waals surface area contributed by atoms with Crippen LogP contribution in [0.1, 0.15) is 50.6 Å². The number of hydrogen-bond acceptors (Lipinski definition) is 4. The Bertz CT molecular complexity index is 1430. The van der Waals surface area contributed by atoms with Crippen LogP contribution in [-0.4, -0.2) is 21.2 Å². The number of rotatable bonds is 5. The molecule has 0 bridgehead atoms. The molecule has 2 N–H and O–H groups in total. The number of nitrogens with one attached hydrogen (secondary N) is 1. The molecule has 0 radical (unpaired) electrons. The quantitative estimate of drug-likeness (QED) is 0.330. The van der Waals surface area contributed by atoms with Gasteiger partial charge in [0.15, 0.2) is 5.11 Å². The molecule has 1 aliphatic heterocycles. The molecule has 7 heteroatoms. The van der Waals surface area contributed by atoms with Crippen LogP contribution in [0.2, 0.25) is 0 Å². The molecule has 0 aliphatic carbocycles. The number of nitrogens with zero attached hydrogens (tertiary/aromatic N) is 2. The van der Waals surface area contributed by atoms with Gasteiger partial charge in [-0.25, -0.2) is 4.79 Å². The van der Waals surface area contributed by atoms with Gasteiger partial charge in [0, 0.05) is 17.4 Å². The molecule has 176 valence electrons. The van der Waals surface area contributed by atoms with Crippen LogP contribution in [0.25, 0.3) is 11.3 Å². The molecule has 0 saturated carbocycles. The van der Waals surface area contributed by atoms with Crippen molar-refractivity contribution in [3.8, 4) is 11.3 Å². The van der Waals surface area contributed by atoms with Crippen molar-refractivity contribution in [3.63, 3.8) is 0 Å². The molecule has 35 heavy (non-hydrogen) atoms. The fraction of sp³-hybridized carbons (Fsp3) is 0.179. The number of aromatic carboxylic acids is 1. The first-order chi connectivity index (χ1) is 16.8. The molecule has 1 saturated heterocycles. The summed E-state index contributed by atoms with van der Waals surface area (Å²) >= 11 is 5.80. The first kappa shape index (κ1) is 22.8. The molecular weight excluding hydrogens is 458 g/mol. The second-order valence-electron chi connectivity index (χ2n) is 8.80. The highest BCUT2D eigenvalue weighted by Crippen LogP contribution is 2.43. The van der Waals surface area contributed by atoms with E-state index in [1.165, 1.54) is 11.1 Å². The molecule has 2 aromatic carbocycles. The average molecular weight is 484 g/mol. The Kier molecular flexibility index (Phi) is 5.86. The van der Waals surface area contributed by atoms with Crippen LogP contribution >= 0.6 is 12.2 Å². The summed E-state index contributed by atoms with van der Waals surface area (Å²) in [6, 6.07) is 20.6. The summed E-state index contributed by atoms with van der Waals surface area (Å²) in [7, 11) is 0. The van der Waals surface area contributed by atoms with Crippen LogP contribution in [0.3, 0.4) is 0 Å². The Hall–Kier alpha value is -3.97. The SMILES string of the molecule is Cc1ccc(N2C(=S)NC(c3ccccn3)C2c2ccc(-c3ccc(C(=O)O)cc3C)o2)cc1C. The minimum atomic E-state index is -0.951. The van der Waals surface area contributed by atoms with Crippen molar-refractivity contribution in [2.45, 2.75) is 32.9 Å². The van der Waals surface area contributed by atoms with Crippen molar-refractivity contribution in [2.24, 2.45) is 0 Å². The van der Waals surface area contributed by atoms with Gasteiger partial charge in [-0.2, -0.15) is 0 Å². The molecule has 1 fully saturated rings. The van der Waals surface area contributed by atoms with E-state index in [4.69, 9.17) is 16.6 Å². The largest absolute Gasteiger partial charge is 0.478 e. The molecule has 6 nitrogen and oxygen atoms in total. The van der Waals surface area contributed by atoms with Gasteiger partial charge in [0.1, 0.15) is 17.6 Å². The van der Waals surface area contributed by atoms with E-state index < -0.39 is 5.97 Å². The lowest BCUT2D eigenvalue weighted by Gasteiger charge is -2.26. The van der Waals surface area contributed by atoms with Crippen molar-refractivity contribution < 1.29 is 14.3 Å². The Labute approximate surface area is 209 Å². The van der Waals surface area contributed by atoms with Gasteiger partial charge in [-0.3, -0.25) is 4.98 Å². The number of carboxylic acid groups (broad SMARTS) is 1. The smallest absolute Gasteiger partial charge is 0.335 e. The van der Waals surface area contributed by atoms with Crippen LogP contribution in [-0.2, 0) is 0 Å². The molecule has 5 rings (SSSR count). The van der Waals surface area contributed by atoms with Crippen molar-refractivity contribution >= 4 is 29.0 Å². The predicted octanol–water partition coefficient (Wildman–Crippen LogP) is 6.14. The number of thiocarbonyl (C=S) groups is 1. The van der Waals surface area contributed by atoms with Gasteiger partial charge < -0.3 is 19.7 Å². The molecule has 2 aromatic heterocycles. The summed E-state index contributed by atoms with van der Waals surface area (Å²) in [5.41, 5.74) is 6.17. The lowest BCUT2D eigenvalue weighted by molar-refractivity contribution is 0.0696. The van der Waals surface area contributed by atoms with Crippen LogP contribution in [0, 0.1) is 20.8 Å². The van der Waals surface area contributed by atoms with Crippen molar-refractivity contribution in [1.29, 1.82) is 0 Å². The maximum Gasteiger partial charge on any atom is 0.335 e. The van der Waals surface area contributed by atoms with Crippen LogP contribution in [0.5, 0.6) is 0 Å². The molecule has 0 amide bonds. The second kappa shape index (κ2) is 9.00. The lowest BCUT2D eigenvalue weighted by atomic mass is 10.0. The average Bonchev–Trinajstić information content (AvgIpc) is 3.46. The van der Waals surface area contributed by atoms with Crippen LogP contribution in [0.4, 0.5) is 5.69 Å². The number of anilines is 1. The monoisotopic (exact) mass is 483 g/mol. The molecule has 3 heterocycles. The number of furan rings is 1. The van der Waals surface area contributed by atoms with Gasteiger partial charge in [-0.1, -0.05) is 18.2 Å². The highest BCUT2D eigenvalue weighted by Gasteiger charge is 2.42. The van der Waals surface area contributed by atoms with Gasteiger partial charge in [0.2, 0.25) is 0 Å². The molecular formula is C28H25N3O3S. The minimum absolute atomic E-state index is 0.209. The van der Waals surface area contributed by atoms with E-state index in [1.54, 1.807) is 24.4 Å². The lowest BCUT2D eigenvalue weighted by Crippen LogP contribution is -2.29. The summed E-state index contributed by atoms with van der Waals surface area (Å²) in [4.78, 5) is 18.0. The third-order valence-electron chi connectivity index (χ3n) is 6.52. The van der Waals surface area contributed by atoms with E-state index in [1.807, 2.05) is 37.3 Å². The van der Waals surface area contributed by atoms with Gasteiger partial charge in [0.25, 0.3) is 0 Å². The first-order valence-electron chi connectivity index (χ1n) is 11.4. The van der Waals surface area contributed by atoms with Gasteiger partial charge in [-0.05, 0) is 98.2 Å². The van der Waals surface area contributed by atoms with E-state index in [9.17, 15) is 9.90 Å². The van der Waals surface area contributed by atoms with Gasteiger partial charge in [0.05, 0.1) is 17.3 Å². The first-order valence-corrected chi connectivity index (χ1v) is 11.8. The number of carbonyl (C=O) groups is 1. The summed E-state index contributed by atoms with van der Waals surface area (Å²) in [6.07, 6.45) is 1.77. The summed E-state index contributed by atoms with van der Waals surface area (Å²) < 4.78 is 6.42. The van der Waals surface area contributed by atoms with E-state index in [2.05, 4.69) is 47.2 Å².